The lowest BCUT2D eigenvalue weighted by Crippen LogP contribution is -2.52. The Bertz CT molecular complexity index is 1280. The monoisotopic (exact) mass is 443 g/mol. The van der Waals surface area contributed by atoms with E-state index in [9.17, 15) is 14.4 Å². The molecule has 0 radical (unpaired) electrons. The largest absolute Gasteiger partial charge is 0.322 e. The van der Waals surface area contributed by atoms with Gasteiger partial charge in [0.15, 0.2) is 0 Å². The zero-order valence-corrected chi connectivity index (χ0v) is 18.8. The van der Waals surface area contributed by atoms with Crippen molar-refractivity contribution < 1.29 is 14.4 Å². The topological polar surface area (TPSA) is 97.2 Å². The lowest BCUT2D eigenvalue weighted by atomic mass is 10.0. The van der Waals surface area contributed by atoms with E-state index < -0.39 is 11.9 Å². The van der Waals surface area contributed by atoms with Gasteiger partial charge in [-0.3, -0.25) is 19.7 Å². The zero-order chi connectivity index (χ0) is 23.3. The summed E-state index contributed by atoms with van der Waals surface area (Å²) in [5.74, 6) is -0.424. The molecule has 3 heterocycles. The van der Waals surface area contributed by atoms with E-state index in [1.54, 1.807) is 11.0 Å². The number of benzene rings is 2. The highest BCUT2D eigenvalue weighted by atomic mass is 16.2. The van der Waals surface area contributed by atoms with Crippen molar-refractivity contribution in [2.75, 3.05) is 0 Å². The Balaban J connectivity index is 1.42. The summed E-state index contributed by atoms with van der Waals surface area (Å²) in [5.41, 5.74) is 6.15. The Labute approximate surface area is 191 Å². The average Bonchev–Trinajstić information content (AvgIpc) is 3.33. The molecule has 8 nitrogen and oxygen atoms in total. The number of hydrogen-bond acceptors (Lipinski definition) is 5. The average molecular weight is 444 g/mol. The molecule has 2 aliphatic rings. The lowest BCUT2D eigenvalue weighted by Gasteiger charge is -2.29. The Morgan fingerprint density at radius 3 is 2.52 bits per heavy atom. The first kappa shape index (κ1) is 21.1. The van der Waals surface area contributed by atoms with Crippen LogP contribution in [0.25, 0.3) is 16.9 Å². The molecule has 5 rings (SSSR count). The summed E-state index contributed by atoms with van der Waals surface area (Å²) < 4.78 is 1.81. The number of nitrogens with one attached hydrogen (secondary N) is 1. The molecule has 1 unspecified atom stereocenters. The molecule has 1 aromatic heterocycles. The van der Waals surface area contributed by atoms with Gasteiger partial charge in [-0.1, -0.05) is 37.3 Å². The number of imide groups is 1. The highest BCUT2D eigenvalue weighted by Gasteiger charge is 2.39. The summed E-state index contributed by atoms with van der Waals surface area (Å²) in [5, 5.41) is 11.1. The van der Waals surface area contributed by atoms with E-state index in [0.717, 1.165) is 28.2 Å². The fourth-order valence-corrected chi connectivity index (χ4v) is 4.56. The van der Waals surface area contributed by atoms with Crippen LogP contribution in [0.4, 0.5) is 0 Å². The van der Waals surface area contributed by atoms with Crippen molar-refractivity contribution in [2.24, 2.45) is 0 Å². The normalized spacial score (nSPS) is 18.1. The predicted octanol–water partition coefficient (Wildman–Crippen LogP) is 3.13. The molecule has 1 fully saturated rings. The van der Waals surface area contributed by atoms with Crippen LogP contribution >= 0.6 is 0 Å². The van der Waals surface area contributed by atoms with Gasteiger partial charge in [0.25, 0.3) is 5.91 Å². The van der Waals surface area contributed by atoms with E-state index in [4.69, 9.17) is 0 Å². The molecule has 2 aliphatic heterocycles. The van der Waals surface area contributed by atoms with Gasteiger partial charge in [0.2, 0.25) is 11.8 Å². The van der Waals surface area contributed by atoms with E-state index in [1.165, 1.54) is 5.56 Å². The van der Waals surface area contributed by atoms with Crippen molar-refractivity contribution in [3.8, 4) is 16.9 Å². The minimum absolute atomic E-state index is 0.184. The van der Waals surface area contributed by atoms with Crippen molar-refractivity contribution in [3.63, 3.8) is 0 Å². The first-order valence-electron chi connectivity index (χ1n) is 11.1. The Morgan fingerprint density at radius 2 is 1.82 bits per heavy atom. The molecular formula is C25H25N5O3. The zero-order valence-electron chi connectivity index (χ0n) is 18.8. The van der Waals surface area contributed by atoms with Crippen LogP contribution in [0.15, 0.2) is 42.5 Å². The second-order valence-corrected chi connectivity index (χ2v) is 8.95. The first-order valence-corrected chi connectivity index (χ1v) is 11.1. The molecule has 2 aromatic carbocycles. The van der Waals surface area contributed by atoms with Crippen LogP contribution < -0.4 is 5.32 Å². The fraction of sp³-hybridized carbons (Fsp3) is 0.320. The molecule has 1 N–H and O–H groups in total. The van der Waals surface area contributed by atoms with Gasteiger partial charge in [-0.05, 0) is 54.7 Å². The Morgan fingerprint density at radius 1 is 1.06 bits per heavy atom. The first-order chi connectivity index (χ1) is 15.8. The van der Waals surface area contributed by atoms with E-state index in [2.05, 4.69) is 41.6 Å². The number of amides is 3. The van der Waals surface area contributed by atoms with Crippen LogP contribution in [-0.4, -0.2) is 43.7 Å². The standard InChI is InChI=1S/C25H25N5O3/c1-14(2)16-4-7-19(8-5-16)30-15(3)23(27-28-30)17-6-9-20-18(12-17)13-29(25(20)33)21-10-11-22(31)26-24(21)32/h4-9,12,14,21H,10-11,13H2,1-3H3,(H,26,31,32). The number of rotatable bonds is 4. The summed E-state index contributed by atoms with van der Waals surface area (Å²) in [7, 11) is 0. The van der Waals surface area contributed by atoms with Crippen LogP contribution in [0.5, 0.6) is 0 Å². The van der Waals surface area contributed by atoms with Crippen LogP contribution in [-0.2, 0) is 16.1 Å². The lowest BCUT2D eigenvalue weighted by molar-refractivity contribution is -0.136. The van der Waals surface area contributed by atoms with Crippen molar-refractivity contribution in [2.45, 2.75) is 52.1 Å². The number of piperidine rings is 1. The van der Waals surface area contributed by atoms with E-state index in [0.29, 0.717) is 24.4 Å². The molecular weight excluding hydrogens is 418 g/mol. The fourth-order valence-electron chi connectivity index (χ4n) is 4.56. The molecule has 1 saturated heterocycles. The van der Waals surface area contributed by atoms with Gasteiger partial charge in [0, 0.05) is 24.1 Å². The second kappa shape index (κ2) is 7.95. The van der Waals surface area contributed by atoms with Gasteiger partial charge in [0.05, 0.1) is 11.4 Å². The molecule has 0 bridgehead atoms. The minimum atomic E-state index is -0.623. The predicted molar refractivity (Wildman–Crippen MR) is 122 cm³/mol. The third kappa shape index (κ3) is 3.61. The highest BCUT2D eigenvalue weighted by Crippen LogP contribution is 2.32. The molecule has 0 aliphatic carbocycles. The van der Waals surface area contributed by atoms with E-state index >= 15 is 0 Å². The molecule has 0 spiro atoms. The number of hydrogen-bond donors (Lipinski definition) is 1. The number of fused-ring (bicyclic) bond motifs is 1. The van der Waals surface area contributed by atoms with Gasteiger partial charge in [-0.15, -0.1) is 5.10 Å². The van der Waals surface area contributed by atoms with Gasteiger partial charge >= 0.3 is 0 Å². The van der Waals surface area contributed by atoms with Gasteiger partial charge < -0.3 is 4.90 Å². The van der Waals surface area contributed by atoms with Gasteiger partial charge in [-0.25, -0.2) is 4.68 Å². The summed E-state index contributed by atoms with van der Waals surface area (Å²) in [4.78, 5) is 38.2. The van der Waals surface area contributed by atoms with Crippen molar-refractivity contribution in [1.29, 1.82) is 0 Å². The molecule has 3 aromatic rings. The van der Waals surface area contributed by atoms with Crippen LogP contribution in [0, 0.1) is 6.92 Å². The third-order valence-corrected chi connectivity index (χ3v) is 6.50. The highest BCUT2D eigenvalue weighted by molar-refractivity contribution is 6.05. The van der Waals surface area contributed by atoms with Crippen molar-refractivity contribution in [3.05, 3.63) is 64.8 Å². The summed E-state index contributed by atoms with van der Waals surface area (Å²) in [6, 6.07) is 13.3. The Kier molecular flexibility index (Phi) is 5.08. The minimum Gasteiger partial charge on any atom is -0.322 e. The molecule has 168 valence electrons. The number of carbonyl (C=O) groups is 3. The maximum absolute atomic E-state index is 12.9. The van der Waals surface area contributed by atoms with Crippen LogP contribution in [0.1, 0.15) is 59.8 Å². The second-order valence-electron chi connectivity index (χ2n) is 8.95. The number of aromatic nitrogens is 3. The van der Waals surface area contributed by atoms with E-state index in [1.807, 2.05) is 35.9 Å². The SMILES string of the molecule is Cc1c(-c2ccc3c(c2)CN(C2CCC(=O)NC2=O)C3=O)nnn1-c1ccc(C(C)C)cc1. The molecule has 33 heavy (non-hydrogen) atoms. The van der Waals surface area contributed by atoms with Gasteiger partial charge in [-0.2, -0.15) is 0 Å². The summed E-state index contributed by atoms with van der Waals surface area (Å²) in [6.07, 6.45) is 0.586. The summed E-state index contributed by atoms with van der Waals surface area (Å²) >= 11 is 0. The molecule has 0 saturated carbocycles. The smallest absolute Gasteiger partial charge is 0.255 e. The Hall–Kier alpha value is -3.81. The maximum Gasteiger partial charge on any atom is 0.255 e. The maximum atomic E-state index is 12.9. The van der Waals surface area contributed by atoms with Gasteiger partial charge in [0.1, 0.15) is 11.7 Å². The quantitative estimate of drug-likeness (QED) is 0.625. The summed E-state index contributed by atoms with van der Waals surface area (Å²) in [6.45, 7) is 6.62. The number of carbonyl (C=O) groups excluding carboxylic acids is 3. The van der Waals surface area contributed by atoms with Crippen molar-refractivity contribution >= 4 is 17.7 Å². The number of nitrogens with zero attached hydrogens (tertiary/aromatic N) is 4. The van der Waals surface area contributed by atoms with Crippen molar-refractivity contribution in [1.82, 2.24) is 25.2 Å². The van der Waals surface area contributed by atoms with Crippen LogP contribution in [0.2, 0.25) is 0 Å². The molecule has 1 atom stereocenters. The molecule has 8 heteroatoms. The third-order valence-electron chi connectivity index (χ3n) is 6.50. The van der Waals surface area contributed by atoms with Crippen LogP contribution in [0.3, 0.4) is 0 Å². The van der Waals surface area contributed by atoms with E-state index in [-0.39, 0.29) is 18.2 Å². The molecule has 3 amide bonds.